The van der Waals surface area contributed by atoms with Crippen LogP contribution < -0.4 is 0 Å². The molecule has 0 aliphatic rings. The van der Waals surface area contributed by atoms with Crippen LogP contribution in [0.2, 0.25) is 0 Å². The van der Waals surface area contributed by atoms with Crippen molar-refractivity contribution in [3.05, 3.63) is 0 Å². The Hall–Kier alpha value is -0.0800. The van der Waals surface area contributed by atoms with Gasteiger partial charge < -0.3 is 5.11 Å². The fourth-order valence-corrected chi connectivity index (χ4v) is 1.60. The molecule has 0 aromatic carbocycles. The number of unbranched alkanes of at least 4 members (excludes halogenated alkanes) is 9. The summed E-state index contributed by atoms with van der Waals surface area (Å²) in [6.45, 7) is 4.57. The quantitative estimate of drug-likeness (QED) is 0.525. The SMILES string of the molecule is CCCCCCCCCCCCO.CCC[O]. The molecule has 2 heteroatoms. The zero-order valence-corrected chi connectivity index (χ0v) is 12.0. The molecular weight excluding hydrogens is 212 g/mol. The highest BCUT2D eigenvalue weighted by molar-refractivity contribution is 4.46. The van der Waals surface area contributed by atoms with Crippen molar-refractivity contribution < 1.29 is 10.2 Å². The molecule has 0 spiro atoms. The first-order valence-electron chi connectivity index (χ1n) is 7.52. The van der Waals surface area contributed by atoms with Crippen LogP contribution in [-0.2, 0) is 5.11 Å². The van der Waals surface area contributed by atoms with Gasteiger partial charge >= 0.3 is 0 Å². The molecule has 0 aliphatic carbocycles. The van der Waals surface area contributed by atoms with Crippen molar-refractivity contribution in [1.29, 1.82) is 0 Å². The highest BCUT2D eigenvalue weighted by atomic mass is 16.3. The Morgan fingerprint density at radius 1 is 0.647 bits per heavy atom. The Morgan fingerprint density at radius 2 is 1.00 bits per heavy atom. The van der Waals surface area contributed by atoms with Crippen LogP contribution in [0.3, 0.4) is 0 Å². The van der Waals surface area contributed by atoms with Gasteiger partial charge in [-0.05, 0) is 12.8 Å². The number of aliphatic hydroxyl groups excluding tert-OH is 1. The van der Waals surface area contributed by atoms with Gasteiger partial charge in [0.2, 0.25) is 0 Å². The van der Waals surface area contributed by atoms with Gasteiger partial charge in [-0.25, -0.2) is 5.11 Å². The van der Waals surface area contributed by atoms with Crippen molar-refractivity contribution in [2.75, 3.05) is 13.2 Å². The summed E-state index contributed by atoms with van der Waals surface area (Å²) in [5, 5.41) is 17.9. The maximum absolute atomic E-state index is 9.30. The number of hydrogen-bond donors (Lipinski definition) is 1. The van der Waals surface area contributed by atoms with Crippen molar-refractivity contribution in [3.8, 4) is 0 Å². The topological polar surface area (TPSA) is 40.1 Å². The van der Waals surface area contributed by atoms with E-state index in [1.54, 1.807) is 0 Å². The first-order chi connectivity index (χ1) is 8.33. The van der Waals surface area contributed by atoms with E-state index in [0.717, 1.165) is 12.8 Å². The standard InChI is InChI=1S/C12H26O.C3H7O/c1-2-3-4-5-6-7-8-9-10-11-12-13;1-2-3-4/h13H,2-12H2,1H3;2-3H2,1H3. The number of hydrogen-bond acceptors (Lipinski definition) is 1. The van der Waals surface area contributed by atoms with Crippen LogP contribution >= 0.6 is 0 Å². The van der Waals surface area contributed by atoms with Crippen molar-refractivity contribution in [2.24, 2.45) is 0 Å². The second kappa shape index (κ2) is 21.2. The van der Waals surface area contributed by atoms with E-state index < -0.39 is 0 Å². The number of aliphatic hydroxyl groups is 1. The van der Waals surface area contributed by atoms with Gasteiger partial charge in [-0.1, -0.05) is 71.6 Å². The van der Waals surface area contributed by atoms with E-state index in [2.05, 4.69) is 6.92 Å². The molecule has 0 rings (SSSR count). The van der Waals surface area contributed by atoms with Crippen LogP contribution in [0.25, 0.3) is 0 Å². The van der Waals surface area contributed by atoms with Gasteiger partial charge in [0.25, 0.3) is 0 Å². The molecule has 0 fully saturated rings. The molecular formula is C15H33O2. The number of rotatable bonds is 11. The van der Waals surface area contributed by atoms with Crippen LogP contribution in [0.1, 0.15) is 84.5 Å². The van der Waals surface area contributed by atoms with E-state index in [-0.39, 0.29) is 6.61 Å². The summed E-state index contributed by atoms with van der Waals surface area (Å²) in [5.74, 6) is 0. The molecule has 105 valence electrons. The fourth-order valence-electron chi connectivity index (χ4n) is 1.60. The van der Waals surface area contributed by atoms with Gasteiger partial charge in [0.15, 0.2) is 0 Å². The summed E-state index contributed by atoms with van der Waals surface area (Å²) in [6, 6.07) is 0. The molecule has 0 saturated heterocycles. The van der Waals surface area contributed by atoms with Crippen LogP contribution in [0, 0.1) is 0 Å². The zero-order chi connectivity index (χ0) is 13.2. The van der Waals surface area contributed by atoms with Gasteiger partial charge in [0, 0.05) is 6.61 Å². The molecule has 0 aliphatic heterocycles. The van der Waals surface area contributed by atoms with E-state index in [0.29, 0.717) is 6.61 Å². The molecule has 0 heterocycles. The molecule has 2 nitrogen and oxygen atoms in total. The molecule has 0 unspecified atom stereocenters. The maximum Gasteiger partial charge on any atom is 0.0819 e. The highest BCUT2D eigenvalue weighted by Gasteiger charge is 1.91. The van der Waals surface area contributed by atoms with Gasteiger partial charge in [0.1, 0.15) is 0 Å². The largest absolute Gasteiger partial charge is 0.396 e. The van der Waals surface area contributed by atoms with E-state index in [1.807, 2.05) is 6.92 Å². The lowest BCUT2D eigenvalue weighted by Crippen LogP contribution is -1.84. The zero-order valence-electron chi connectivity index (χ0n) is 12.0. The molecule has 0 aromatic heterocycles. The molecule has 17 heavy (non-hydrogen) atoms. The Labute approximate surface area is 108 Å². The summed E-state index contributed by atoms with van der Waals surface area (Å²) in [4.78, 5) is 0. The molecule has 0 atom stereocenters. The maximum atomic E-state index is 9.30. The summed E-state index contributed by atoms with van der Waals surface area (Å²) in [5.41, 5.74) is 0. The third kappa shape index (κ3) is 25.9. The van der Waals surface area contributed by atoms with Crippen molar-refractivity contribution in [1.82, 2.24) is 0 Å². The van der Waals surface area contributed by atoms with E-state index in [4.69, 9.17) is 5.11 Å². The molecule has 0 saturated carbocycles. The minimum atomic E-state index is 0.0694. The highest BCUT2D eigenvalue weighted by Crippen LogP contribution is 2.09. The summed E-state index contributed by atoms with van der Waals surface area (Å²) in [7, 11) is 0. The first-order valence-corrected chi connectivity index (χ1v) is 7.52. The summed E-state index contributed by atoms with van der Waals surface area (Å²) >= 11 is 0. The lowest BCUT2D eigenvalue weighted by Gasteiger charge is -2.00. The van der Waals surface area contributed by atoms with Crippen molar-refractivity contribution in [2.45, 2.75) is 84.5 Å². The van der Waals surface area contributed by atoms with Crippen LogP contribution in [-0.4, -0.2) is 18.3 Å². The van der Waals surface area contributed by atoms with Crippen LogP contribution in [0.5, 0.6) is 0 Å². The van der Waals surface area contributed by atoms with Gasteiger partial charge in [0.05, 0.1) is 6.61 Å². The normalized spacial score (nSPS) is 9.88. The average molecular weight is 245 g/mol. The monoisotopic (exact) mass is 245 g/mol. The van der Waals surface area contributed by atoms with E-state index in [9.17, 15) is 5.11 Å². The summed E-state index contributed by atoms with van der Waals surface area (Å²) < 4.78 is 0. The van der Waals surface area contributed by atoms with Crippen LogP contribution in [0.4, 0.5) is 0 Å². The molecule has 1 N–H and O–H groups in total. The Bertz CT molecular complexity index is 93.1. The van der Waals surface area contributed by atoms with Crippen molar-refractivity contribution in [3.63, 3.8) is 0 Å². The predicted molar refractivity (Wildman–Crippen MR) is 74.8 cm³/mol. The predicted octanol–water partition coefficient (Wildman–Crippen LogP) is 4.73. The molecule has 0 amide bonds. The smallest absolute Gasteiger partial charge is 0.0819 e. The first kappa shape index (κ1) is 19.3. The van der Waals surface area contributed by atoms with E-state index in [1.165, 1.54) is 57.8 Å². The van der Waals surface area contributed by atoms with Gasteiger partial charge in [-0.15, -0.1) is 0 Å². The minimum Gasteiger partial charge on any atom is -0.396 e. The molecule has 1 radical (unpaired) electrons. The molecule has 0 aromatic rings. The Kier molecular flexibility index (Phi) is 24.1. The average Bonchev–Trinajstić information content (AvgIpc) is 2.37. The second-order valence-electron chi connectivity index (χ2n) is 4.61. The van der Waals surface area contributed by atoms with Gasteiger partial charge in [-0.3, -0.25) is 0 Å². The third-order valence-corrected chi connectivity index (χ3v) is 2.72. The Morgan fingerprint density at radius 3 is 1.29 bits per heavy atom. The second-order valence-corrected chi connectivity index (χ2v) is 4.61. The summed E-state index contributed by atoms with van der Waals surface area (Å²) in [6.07, 6.45) is 14.1. The lowest BCUT2D eigenvalue weighted by molar-refractivity contribution is 0.193. The van der Waals surface area contributed by atoms with E-state index >= 15 is 0 Å². The van der Waals surface area contributed by atoms with Crippen LogP contribution in [0.15, 0.2) is 0 Å². The Balaban J connectivity index is 0. The fraction of sp³-hybridized carbons (Fsp3) is 1.00. The van der Waals surface area contributed by atoms with Crippen molar-refractivity contribution >= 4 is 0 Å². The third-order valence-electron chi connectivity index (χ3n) is 2.72. The lowest BCUT2D eigenvalue weighted by atomic mass is 10.1. The molecule has 0 bridgehead atoms. The van der Waals surface area contributed by atoms with Gasteiger partial charge in [-0.2, -0.15) is 0 Å². The minimum absolute atomic E-state index is 0.0694.